The van der Waals surface area contributed by atoms with E-state index < -0.39 is 0 Å². The van der Waals surface area contributed by atoms with Crippen molar-refractivity contribution in [1.29, 1.82) is 0 Å². The second-order valence-electron chi connectivity index (χ2n) is 4.67. The standard InChI is InChI=1S/C12H27NOS/c1-5-8-13-12(4,10-14)7-6-9-15-11(2)3/h11,13-14H,5-10H2,1-4H3. The monoisotopic (exact) mass is 233 g/mol. The lowest BCUT2D eigenvalue weighted by Crippen LogP contribution is -2.46. The molecule has 0 bridgehead atoms. The van der Waals surface area contributed by atoms with Crippen LogP contribution in [0.4, 0.5) is 0 Å². The molecule has 2 N–H and O–H groups in total. The number of rotatable bonds is 9. The molecule has 3 heteroatoms. The van der Waals surface area contributed by atoms with Crippen LogP contribution in [0, 0.1) is 0 Å². The molecule has 0 saturated carbocycles. The molecule has 92 valence electrons. The van der Waals surface area contributed by atoms with Crippen molar-refractivity contribution in [3.63, 3.8) is 0 Å². The van der Waals surface area contributed by atoms with Gasteiger partial charge >= 0.3 is 0 Å². The van der Waals surface area contributed by atoms with Gasteiger partial charge in [-0.3, -0.25) is 0 Å². The predicted octanol–water partition coefficient (Wildman–Crippen LogP) is 2.66. The number of aliphatic hydroxyl groups excluding tert-OH is 1. The summed E-state index contributed by atoms with van der Waals surface area (Å²) in [7, 11) is 0. The first kappa shape index (κ1) is 15.3. The second kappa shape index (κ2) is 8.43. The van der Waals surface area contributed by atoms with E-state index in [0.29, 0.717) is 5.25 Å². The fourth-order valence-electron chi connectivity index (χ4n) is 1.43. The van der Waals surface area contributed by atoms with Gasteiger partial charge in [-0.05, 0) is 43.7 Å². The topological polar surface area (TPSA) is 32.3 Å². The molecule has 0 heterocycles. The minimum Gasteiger partial charge on any atom is -0.394 e. The normalized spacial score (nSPS) is 15.6. The number of nitrogens with one attached hydrogen (secondary N) is 1. The van der Waals surface area contributed by atoms with Gasteiger partial charge in [0.25, 0.3) is 0 Å². The van der Waals surface area contributed by atoms with Crippen LogP contribution >= 0.6 is 11.8 Å². The van der Waals surface area contributed by atoms with Crippen LogP contribution in [0.3, 0.4) is 0 Å². The molecule has 2 nitrogen and oxygen atoms in total. The third kappa shape index (κ3) is 8.12. The summed E-state index contributed by atoms with van der Waals surface area (Å²) < 4.78 is 0. The summed E-state index contributed by atoms with van der Waals surface area (Å²) in [6.45, 7) is 9.95. The second-order valence-corrected chi connectivity index (χ2v) is 6.35. The Kier molecular flexibility index (Phi) is 8.58. The van der Waals surface area contributed by atoms with Gasteiger partial charge in [-0.15, -0.1) is 0 Å². The molecule has 0 spiro atoms. The van der Waals surface area contributed by atoms with Crippen molar-refractivity contribution in [2.24, 2.45) is 0 Å². The maximum Gasteiger partial charge on any atom is 0.0610 e. The Morgan fingerprint density at radius 1 is 1.40 bits per heavy atom. The van der Waals surface area contributed by atoms with Crippen molar-refractivity contribution in [1.82, 2.24) is 5.32 Å². The zero-order valence-corrected chi connectivity index (χ0v) is 11.5. The molecule has 0 aromatic rings. The van der Waals surface area contributed by atoms with Crippen LogP contribution in [-0.4, -0.2) is 34.8 Å². The maximum atomic E-state index is 9.35. The number of hydrogen-bond donors (Lipinski definition) is 2. The molecule has 0 aliphatic rings. The molecule has 0 fully saturated rings. The molecule has 15 heavy (non-hydrogen) atoms. The van der Waals surface area contributed by atoms with E-state index in [-0.39, 0.29) is 12.1 Å². The van der Waals surface area contributed by atoms with E-state index in [0.717, 1.165) is 19.4 Å². The van der Waals surface area contributed by atoms with Crippen LogP contribution in [0.5, 0.6) is 0 Å². The van der Waals surface area contributed by atoms with Gasteiger partial charge in [0.1, 0.15) is 0 Å². The highest BCUT2D eigenvalue weighted by atomic mass is 32.2. The molecule has 0 rings (SSSR count). The van der Waals surface area contributed by atoms with E-state index in [9.17, 15) is 5.11 Å². The average Bonchev–Trinajstić information content (AvgIpc) is 2.21. The smallest absolute Gasteiger partial charge is 0.0610 e. The van der Waals surface area contributed by atoms with Gasteiger partial charge in [0.15, 0.2) is 0 Å². The summed E-state index contributed by atoms with van der Waals surface area (Å²) >= 11 is 2.00. The zero-order valence-electron chi connectivity index (χ0n) is 10.7. The Labute approximate surface area is 99.2 Å². The van der Waals surface area contributed by atoms with E-state index in [4.69, 9.17) is 0 Å². The fourth-order valence-corrected chi connectivity index (χ4v) is 2.21. The lowest BCUT2D eigenvalue weighted by molar-refractivity contribution is 0.165. The fraction of sp³-hybridized carbons (Fsp3) is 1.00. The van der Waals surface area contributed by atoms with E-state index in [1.807, 2.05) is 11.8 Å². The van der Waals surface area contributed by atoms with Gasteiger partial charge in [0.05, 0.1) is 6.61 Å². The minimum atomic E-state index is -0.0758. The number of aliphatic hydroxyl groups is 1. The van der Waals surface area contributed by atoms with E-state index in [2.05, 4.69) is 33.0 Å². The van der Waals surface area contributed by atoms with Crippen molar-refractivity contribution in [2.45, 2.75) is 57.7 Å². The highest BCUT2D eigenvalue weighted by Gasteiger charge is 2.21. The lowest BCUT2D eigenvalue weighted by Gasteiger charge is -2.28. The summed E-state index contributed by atoms with van der Waals surface area (Å²) in [5.74, 6) is 1.20. The van der Waals surface area contributed by atoms with Crippen molar-refractivity contribution in [2.75, 3.05) is 18.9 Å². The highest BCUT2D eigenvalue weighted by Crippen LogP contribution is 2.17. The summed E-state index contributed by atoms with van der Waals surface area (Å²) in [4.78, 5) is 0. The van der Waals surface area contributed by atoms with Gasteiger partial charge in [-0.25, -0.2) is 0 Å². The predicted molar refractivity (Wildman–Crippen MR) is 70.6 cm³/mol. The van der Waals surface area contributed by atoms with E-state index in [1.165, 1.54) is 12.2 Å². The van der Waals surface area contributed by atoms with Gasteiger partial charge < -0.3 is 10.4 Å². The summed E-state index contributed by atoms with van der Waals surface area (Å²) in [5.41, 5.74) is -0.0758. The molecule has 0 amide bonds. The first-order valence-electron chi connectivity index (χ1n) is 6.01. The summed E-state index contributed by atoms with van der Waals surface area (Å²) in [6.07, 6.45) is 3.36. The quantitative estimate of drug-likeness (QED) is 0.601. The van der Waals surface area contributed by atoms with Gasteiger partial charge in [-0.2, -0.15) is 11.8 Å². The van der Waals surface area contributed by atoms with Gasteiger partial charge in [-0.1, -0.05) is 20.8 Å². The van der Waals surface area contributed by atoms with Crippen LogP contribution in [0.2, 0.25) is 0 Å². The maximum absolute atomic E-state index is 9.35. The SMILES string of the molecule is CCCNC(C)(CO)CCCSC(C)C. The number of hydrogen-bond acceptors (Lipinski definition) is 3. The summed E-state index contributed by atoms with van der Waals surface area (Å²) in [5, 5.41) is 13.5. The Bertz CT molecular complexity index is 153. The molecule has 0 saturated heterocycles. The Hall–Kier alpha value is 0.270. The van der Waals surface area contributed by atoms with Crippen molar-refractivity contribution in [3.05, 3.63) is 0 Å². The third-order valence-electron chi connectivity index (χ3n) is 2.47. The number of thioether (sulfide) groups is 1. The van der Waals surface area contributed by atoms with Crippen LogP contribution in [-0.2, 0) is 0 Å². The van der Waals surface area contributed by atoms with Crippen molar-refractivity contribution >= 4 is 11.8 Å². The molecule has 0 aromatic heterocycles. The largest absolute Gasteiger partial charge is 0.394 e. The van der Waals surface area contributed by atoms with E-state index >= 15 is 0 Å². The van der Waals surface area contributed by atoms with Crippen LogP contribution in [0.25, 0.3) is 0 Å². The molecule has 1 unspecified atom stereocenters. The van der Waals surface area contributed by atoms with Gasteiger partial charge in [0.2, 0.25) is 0 Å². The Morgan fingerprint density at radius 3 is 2.53 bits per heavy atom. The van der Waals surface area contributed by atoms with E-state index in [1.54, 1.807) is 0 Å². The molecule has 0 radical (unpaired) electrons. The highest BCUT2D eigenvalue weighted by molar-refractivity contribution is 7.99. The zero-order chi connectivity index (χ0) is 11.7. The third-order valence-corrected chi connectivity index (χ3v) is 3.67. The first-order chi connectivity index (χ1) is 7.04. The molecule has 0 aliphatic heterocycles. The van der Waals surface area contributed by atoms with Crippen molar-refractivity contribution < 1.29 is 5.11 Å². The van der Waals surface area contributed by atoms with Crippen LogP contribution in [0.1, 0.15) is 47.0 Å². The van der Waals surface area contributed by atoms with Crippen LogP contribution < -0.4 is 5.32 Å². The lowest BCUT2D eigenvalue weighted by atomic mass is 9.97. The molecule has 0 aliphatic carbocycles. The molecule has 0 aromatic carbocycles. The summed E-state index contributed by atoms with van der Waals surface area (Å²) in [6, 6.07) is 0. The Balaban J connectivity index is 3.67. The average molecular weight is 233 g/mol. The first-order valence-corrected chi connectivity index (χ1v) is 7.06. The Morgan fingerprint density at radius 2 is 2.07 bits per heavy atom. The van der Waals surface area contributed by atoms with Gasteiger partial charge in [0, 0.05) is 5.54 Å². The van der Waals surface area contributed by atoms with Crippen LogP contribution in [0.15, 0.2) is 0 Å². The van der Waals surface area contributed by atoms with Crippen molar-refractivity contribution in [3.8, 4) is 0 Å². The molecular formula is C12H27NOS. The minimum absolute atomic E-state index is 0.0758. The molecular weight excluding hydrogens is 206 g/mol. The molecule has 1 atom stereocenters.